The Kier molecular flexibility index (Phi) is 5.45. The van der Waals surface area contributed by atoms with Gasteiger partial charge in [0.1, 0.15) is 5.75 Å². The van der Waals surface area contributed by atoms with E-state index in [1.165, 1.54) is 0 Å². The average Bonchev–Trinajstić information content (AvgIpc) is 3.12. The maximum atomic E-state index is 12.4. The molecule has 0 atom stereocenters. The Morgan fingerprint density at radius 3 is 2.67 bits per heavy atom. The first kappa shape index (κ1) is 18.1. The molecule has 0 aliphatic carbocycles. The second kappa shape index (κ2) is 8.15. The van der Waals surface area contributed by atoms with Gasteiger partial charge in [0.15, 0.2) is 5.13 Å². The molecular formula is C20H20ClN3O2S. The lowest BCUT2D eigenvalue weighted by molar-refractivity contribution is -0.132. The molecule has 0 bridgehead atoms. The standard InChI is InChI=1S/C20H20ClN3O2S/c21-15-6-7-17-18(14-15)27-20(22-17)24-11-9-23(10-12-24)19(25)8-13-26-16-4-2-1-3-5-16/h1-7,14H,8-13H2. The monoisotopic (exact) mass is 401 g/mol. The van der Waals surface area contributed by atoms with Crippen LogP contribution in [0.25, 0.3) is 10.2 Å². The van der Waals surface area contributed by atoms with Crippen molar-refractivity contribution in [2.75, 3.05) is 37.7 Å². The van der Waals surface area contributed by atoms with Crippen molar-refractivity contribution in [2.24, 2.45) is 0 Å². The first-order valence-electron chi connectivity index (χ1n) is 8.96. The van der Waals surface area contributed by atoms with E-state index < -0.39 is 0 Å². The van der Waals surface area contributed by atoms with Crippen LogP contribution < -0.4 is 9.64 Å². The fraction of sp³-hybridized carbons (Fsp3) is 0.300. The summed E-state index contributed by atoms with van der Waals surface area (Å²) in [6.07, 6.45) is 0.397. The molecule has 1 saturated heterocycles. The number of nitrogens with zero attached hydrogens (tertiary/aromatic N) is 3. The Bertz CT molecular complexity index is 923. The van der Waals surface area contributed by atoms with Crippen molar-refractivity contribution >= 4 is 44.2 Å². The van der Waals surface area contributed by atoms with Gasteiger partial charge in [-0.05, 0) is 30.3 Å². The molecule has 1 aromatic heterocycles. The van der Waals surface area contributed by atoms with E-state index in [9.17, 15) is 4.79 Å². The van der Waals surface area contributed by atoms with Gasteiger partial charge >= 0.3 is 0 Å². The second-order valence-corrected chi connectivity index (χ2v) is 7.83. The van der Waals surface area contributed by atoms with Crippen molar-refractivity contribution in [2.45, 2.75) is 6.42 Å². The van der Waals surface area contributed by atoms with Crippen molar-refractivity contribution in [3.63, 3.8) is 0 Å². The van der Waals surface area contributed by atoms with Gasteiger partial charge in [0.05, 0.1) is 23.2 Å². The summed E-state index contributed by atoms with van der Waals surface area (Å²) in [5.41, 5.74) is 0.968. The lowest BCUT2D eigenvalue weighted by atomic mass is 10.3. The fourth-order valence-corrected chi connectivity index (χ4v) is 4.39. The zero-order valence-corrected chi connectivity index (χ0v) is 16.4. The molecule has 0 radical (unpaired) electrons. The predicted molar refractivity (Wildman–Crippen MR) is 110 cm³/mol. The average molecular weight is 402 g/mol. The highest BCUT2D eigenvalue weighted by molar-refractivity contribution is 7.22. The second-order valence-electron chi connectivity index (χ2n) is 6.39. The summed E-state index contributed by atoms with van der Waals surface area (Å²) in [6, 6.07) is 15.3. The van der Waals surface area contributed by atoms with E-state index in [2.05, 4.69) is 4.90 Å². The summed E-state index contributed by atoms with van der Waals surface area (Å²) >= 11 is 7.71. The number of piperazine rings is 1. The molecule has 4 rings (SSSR count). The highest BCUT2D eigenvalue weighted by Gasteiger charge is 2.23. The highest BCUT2D eigenvalue weighted by Crippen LogP contribution is 2.31. The van der Waals surface area contributed by atoms with Gasteiger partial charge in [-0.25, -0.2) is 4.98 Å². The lowest BCUT2D eigenvalue weighted by Crippen LogP contribution is -2.49. The Morgan fingerprint density at radius 2 is 1.89 bits per heavy atom. The summed E-state index contributed by atoms with van der Waals surface area (Å²) in [5.74, 6) is 0.938. The molecule has 3 aromatic rings. The smallest absolute Gasteiger partial charge is 0.226 e. The Labute approximate surface area is 167 Å². The van der Waals surface area contributed by atoms with Crippen LogP contribution in [0.4, 0.5) is 5.13 Å². The number of halogens is 1. The maximum Gasteiger partial charge on any atom is 0.226 e. The van der Waals surface area contributed by atoms with Crippen LogP contribution in [0.1, 0.15) is 6.42 Å². The number of hydrogen-bond donors (Lipinski definition) is 0. The van der Waals surface area contributed by atoms with Gasteiger partial charge in [0.25, 0.3) is 0 Å². The van der Waals surface area contributed by atoms with Crippen molar-refractivity contribution in [3.05, 3.63) is 53.6 Å². The van der Waals surface area contributed by atoms with Crippen molar-refractivity contribution in [1.82, 2.24) is 9.88 Å². The van der Waals surface area contributed by atoms with E-state index in [4.69, 9.17) is 21.3 Å². The van der Waals surface area contributed by atoms with Crippen molar-refractivity contribution in [1.29, 1.82) is 0 Å². The van der Waals surface area contributed by atoms with Gasteiger partial charge in [0.2, 0.25) is 5.91 Å². The molecule has 2 heterocycles. The first-order chi connectivity index (χ1) is 13.2. The quantitative estimate of drug-likeness (QED) is 0.646. The molecule has 7 heteroatoms. The van der Waals surface area contributed by atoms with Crippen LogP contribution in [-0.4, -0.2) is 48.6 Å². The minimum atomic E-state index is 0.140. The minimum Gasteiger partial charge on any atom is -0.493 e. The number of hydrogen-bond acceptors (Lipinski definition) is 5. The normalized spacial score (nSPS) is 14.6. The van der Waals surface area contributed by atoms with Gasteiger partial charge in [-0.3, -0.25) is 4.79 Å². The third-order valence-electron chi connectivity index (χ3n) is 4.57. The van der Waals surface area contributed by atoms with Crippen LogP contribution in [0.3, 0.4) is 0 Å². The number of para-hydroxylation sites is 1. The summed E-state index contributed by atoms with van der Waals surface area (Å²) in [5, 5.41) is 1.72. The van der Waals surface area contributed by atoms with E-state index in [0.29, 0.717) is 26.1 Å². The molecule has 1 fully saturated rings. The molecule has 1 amide bonds. The zero-order valence-electron chi connectivity index (χ0n) is 14.8. The van der Waals surface area contributed by atoms with Crippen molar-refractivity contribution in [3.8, 4) is 5.75 Å². The predicted octanol–water partition coefficient (Wildman–Crippen LogP) is 4.07. The van der Waals surface area contributed by atoms with E-state index in [-0.39, 0.29) is 5.91 Å². The highest BCUT2D eigenvalue weighted by atomic mass is 35.5. The molecule has 0 spiro atoms. The van der Waals surface area contributed by atoms with Crippen LogP contribution in [0.5, 0.6) is 5.75 Å². The maximum absolute atomic E-state index is 12.4. The summed E-state index contributed by atoms with van der Waals surface area (Å²) in [7, 11) is 0. The number of carbonyl (C=O) groups excluding carboxylic acids is 1. The molecule has 0 unspecified atom stereocenters. The summed E-state index contributed by atoms with van der Waals surface area (Å²) in [4.78, 5) is 21.3. The van der Waals surface area contributed by atoms with E-state index >= 15 is 0 Å². The van der Waals surface area contributed by atoms with E-state index in [1.807, 2.05) is 53.4 Å². The number of aromatic nitrogens is 1. The number of fused-ring (bicyclic) bond motifs is 1. The SMILES string of the molecule is O=C(CCOc1ccccc1)N1CCN(c2nc3ccc(Cl)cc3s2)CC1. The van der Waals surface area contributed by atoms with Gasteiger partial charge in [-0.15, -0.1) is 0 Å². The number of amides is 1. The topological polar surface area (TPSA) is 45.7 Å². The number of anilines is 1. The lowest BCUT2D eigenvalue weighted by Gasteiger charge is -2.34. The number of rotatable bonds is 5. The van der Waals surface area contributed by atoms with Crippen LogP contribution in [0, 0.1) is 0 Å². The number of carbonyl (C=O) groups is 1. The van der Waals surface area contributed by atoms with Gasteiger partial charge in [-0.1, -0.05) is 41.1 Å². The molecule has 1 aliphatic rings. The van der Waals surface area contributed by atoms with Crippen LogP contribution in [0.15, 0.2) is 48.5 Å². The summed E-state index contributed by atoms with van der Waals surface area (Å²) < 4.78 is 6.72. The van der Waals surface area contributed by atoms with Gasteiger partial charge in [-0.2, -0.15) is 0 Å². The Hall–Kier alpha value is -2.31. The van der Waals surface area contributed by atoms with Crippen LogP contribution in [0.2, 0.25) is 5.02 Å². The molecule has 140 valence electrons. The molecule has 2 aromatic carbocycles. The third-order valence-corrected chi connectivity index (χ3v) is 5.88. The van der Waals surface area contributed by atoms with E-state index in [0.717, 1.165) is 39.2 Å². The fourth-order valence-electron chi connectivity index (χ4n) is 3.10. The van der Waals surface area contributed by atoms with Crippen LogP contribution in [-0.2, 0) is 4.79 Å². The van der Waals surface area contributed by atoms with E-state index in [1.54, 1.807) is 11.3 Å². The summed E-state index contributed by atoms with van der Waals surface area (Å²) in [6.45, 7) is 3.40. The Balaban J connectivity index is 1.28. The molecule has 0 saturated carbocycles. The molecule has 1 aliphatic heterocycles. The van der Waals surface area contributed by atoms with Crippen LogP contribution >= 0.6 is 22.9 Å². The third kappa shape index (κ3) is 4.34. The minimum absolute atomic E-state index is 0.140. The van der Waals surface area contributed by atoms with Gasteiger partial charge < -0.3 is 14.5 Å². The molecular weight excluding hydrogens is 382 g/mol. The molecule has 27 heavy (non-hydrogen) atoms. The zero-order chi connectivity index (χ0) is 18.6. The number of benzene rings is 2. The largest absolute Gasteiger partial charge is 0.493 e. The molecule has 0 N–H and O–H groups in total. The first-order valence-corrected chi connectivity index (χ1v) is 10.2. The van der Waals surface area contributed by atoms with Crippen molar-refractivity contribution < 1.29 is 9.53 Å². The number of ether oxygens (including phenoxy) is 1. The van der Waals surface area contributed by atoms with Gasteiger partial charge in [0, 0.05) is 31.2 Å². The number of thiazole rings is 1. The molecule has 5 nitrogen and oxygen atoms in total. The Morgan fingerprint density at radius 1 is 1.11 bits per heavy atom.